The zero-order valence-corrected chi connectivity index (χ0v) is 10.1. The SMILES string of the molecule is O=C(OPNP)O[C@H]1CO[C@H]2OCC[C@H]21. The fourth-order valence-electron chi connectivity index (χ4n) is 1.77. The van der Waals surface area contributed by atoms with Crippen molar-refractivity contribution in [3.63, 3.8) is 0 Å². The predicted molar refractivity (Wildman–Crippen MR) is 56.3 cm³/mol. The van der Waals surface area contributed by atoms with E-state index < -0.39 is 6.16 Å². The molecule has 1 N–H and O–H groups in total. The van der Waals surface area contributed by atoms with E-state index in [4.69, 9.17) is 18.7 Å². The van der Waals surface area contributed by atoms with Gasteiger partial charge in [0.05, 0.1) is 19.1 Å². The molecule has 0 amide bonds. The van der Waals surface area contributed by atoms with E-state index in [1.54, 1.807) is 0 Å². The van der Waals surface area contributed by atoms with Crippen LogP contribution in [0.2, 0.25) is 0 Å². The van der Waals surface area contributed by atoms with Crippen molar-refractivity contribution in [3.8, 4) is 0 Å². The molecule has 2 heterocycles. The van der Waals surface area contributed by atoms with Crippen molar-refractivity contribution in [1.82, 2.24) is 4.86 Å². The third-order valence-electron chi connectivity index (χ3n) is 2.43. The summed E-state index contributed by atoms with van der Waals surface area (Å²) in [6, 6.07) is 0. The summed E-state index contributed by atoms with van der Waals surface area (Å²) in [4.78, 5) is 13.8. The van der Waals surface area contributed by atoms with Crippen LogP contribution in [0.3, 0.4) is 0 Å². The number of carbonyl (C=O) groups excluding carboxylic acids is 1. The second-order valence-electron chi connectivity index (χ2n) is 3.28. The molecule has 0 aromatic rings. The summed E-state index contributed by atoms with van der Waals surface area (Å²) >= 11 is 0. The molecule has 2 saturated heterocycles. The normalized spacial score (nSPS) is 34.6. The lowest BCUT2D eigenvalue weighted by Crippen LogP contribution is -2.26. The van der Waals surface area contributed by atoms with Gasteiger partial charge in [0.1, 0.15) is 6.10 Å². The van der Waals surface area contributed by atoms with Crippen LogP contribution in [-0.4, -0.2) is 31.8 Å². The summed E-state index contributed by atoms with van der Waals surface area (Å²) in [6.07, 6.45) is -0.235. The van der Waals surface area contributed by atoms with Crippen LogP contribution in [0, 0.1) is 5.92 Å². The van der Waals surface area contributed by atoms with Gasteiger partial charge in [0.2, 0.25) is 0 Å². The van der Waals surface area contributed by atoms with Gasteiger partial charge in [-0.05, 0) is 6.42 Å². The Hall–Kier alpha value is 0.01000. The Labute approximate surface area is 91.5 Å². The number of hydrogen-bond acceptors (Lipinski definition) is 6. The molecule has 2 aliphatic heterocycles. The highest BCUT2D eigenvalue weighted by atomic mass is 31.1. The number of ether oxygens (including phenoxy) is 3. The maximum absolute atomic E-state index is 11.2. The molecular formula is C7H13NO5P2. The van der Waals surface area contributed by atoms with Gasteiger partial charge in [0.15, 0.2) is 15.2 Å². The topological polar surface area (TPSA) is 66.0 Å². The Morgan fingerprint density at radius 2 is 2.40 bits per heavy atom. The molecule has 2 aliphatic rings. The third kappa shape index (κ3) is 2.77. The molecular weight excluding hydrogens is 240 g/mol. The molecule has 15 heavy (non-hydrogen) atoms. The third-order valence-corrected chi connectivity index (χ3v) is 3.17. The molecule has 0 aliphatic carbocycles. The van der Waals surface area contributed by atoms with Gasteiger partial charge in [-0.25, -0.2) is 9.65 Å². The van der Waals surface area contributed by atoms with Crippen LogP contribution in [0.1, 0.15) is 6.42 Å². The first-order valence-corrected chi connectivity index (χ1v) is 6.11. The van der Waals surface area contributed by atoms with E-state index >= 15 is 0 Å². The van der Waals surface area contributed by atoms with Gasteiger partial charge in [-0.1, -0.05) is 9.39 Å². The van der Waals surface area contributed by atoms with Gasteiger partial charge in [0.25, 0.3) is 0 Å². The van der Waals surface area contributed by atoms with Crippen LogP contribution in [0.5, 0.6) is 0 Å². The fourth-order valence-corrected chi connectivity index (χ4v) is 2.13. The van der Waals surface area contributed by atoms with Gasteiger partial charge in [-0.3, -0.25) is 0 Å². The highest BCUT2D eigenvalue weighted by Crippen LogP contribution is 2.33. The van der Waals surface area contributed by atoms with Crippen molar-refractivity contribution >= 4 is 24.5 Å². The van der Waals surface area contributed by atoms with E-state index in [0.717, 1.165) is 6.42 Å². The molecule has 8 heteroatoms. The lowest BCUT2D eigenvalue weighted by atomic mass is 10.0. The highest BCUT2D eigenvalue weighted by molar-refractivity contribution is 7.41. The maximum Gasteiger partial charge on any atom is 0.512 e. The van der Waals surface area contributed by atoms with E-state index in [1.807, 2.05) is 0 Å². The molecule has 0 saturated carbocycles. The first kappa shape index (κ1) is 11.5. The predicted octanol–water partition coefficient (Wildman–Crippen LogP) is 0.789. The Bertz CT molecular complexity index is 241. The van der Waals surface area contributed by atoms with E-state index in [0.29, 0.717) is 13.2 Å². The second-order valence-corrected chi connectivity index (χ2v) is 4.84. The molecule has 6 nitrogen and oxygen atoms in total. The number of hydrogen-bond donors (Lipinski definition) is 1. The van der Waals surface area contributed by atoms with Gasteiger partial charge >= 0.3 is 6.16 Å². The van der Waals surface area contributed by atoms with Crippen molar-refractivity contribution in [1.29, 1.82) is 0 Å². The van der Waals surface area contributed by atoms with Crippen molar-refractivity contribution in [2.45, 2.75) is 18.8 Å². The number of nitrogens with one attached hydrogen (secondary N) is 1. The van der Waals surface area contributed by atoms with Crippen LogP contribution in [-0.2, 0) is 18.7 Å². The van der Waals surface area contributed by atoms with Crippen LogP contribution in [0.25, 0.3) is 0 Å². The quantitative estimate of drug-likeness (QED) is 0.592. The summed E-state index contributed by atoms with van der Waals surface area (Å²) in [5, 5.41) is 0. The molecule has 2 fully saturated rings. The standard InChI is InChI=1S/C7H13NO5P2/c9-7(13-15-8-14)12-5-3-11-6-4(5)1-2-10-6/h4-6,8,15H,1-3,14H2/t4-,5-,6+/m0/s1. The molecule has 2 rings (SSSR count). The van der Waals surface area contributed by atoms with Gasteiger partial charge in [-0.2, -0.15) is 0 Å². The summed E-state index contributed by atoms with van der Waals surface area (Å²) in [5.74, 6) is 0.157. The zero-order chi connectivity index (χ0) is 10.7. The molecule has 0 bridgehead atoms. The Morgan fingerprint density at radius 1 is 1.53 bits per heavy atom. The molecule has 0 aromatic carbocycles. The second kappa shape index (κ2) is 5.37. The Kier molecular flexibility index (Phi) is 4.12. The smallest absolute Gasteiger partial charge is 0.428 e. The molecule has 0 aromatic heterocycles. The first-order valence-electron chi connectivity index (χ1n) is 4.62. The average Bonchev–Trinajstić information content (AvgIpc) is 2.80. The van der Waals surface area contributed by atoms with E-state index in [1.165, 1.54) is 0 Å². The summed E-state index contributed by atoms with van der Waals surface area (Å²) in [6.45, 7) is 1.06. The lowest BCUT2D eigenvalue weighted by molar-refractivity contribution is -0.0907. The maximum atomic E-state index is 11.2. The minimum Gasteiger partial charge on any atom is -0.428 e. The minimum absolute atomic E-state index is 0.113. The van der Waals surface area contributed by atoms with E-state index in [-0.39, 0.29) is 27.3 Å². The summed E-state index contributed by atoms with van der Waals surface area (Å²) < 4.78 is 20.5. The van der Waals surface area contributed by atoms with Crippen LogP contribution < -0.4 is 4.86 Å². The number of fused-ring (bicyclic) bond motifs is 1. The van der Waals surface area contributed by atoms with E-state index in [9.17, 15) is 4.79 Å². The molecule has 0 spiro atoms. The lowest BCUT2D eigenvalue weighted by Gasteiger charge is -2.14. The van der Waals surface area contributed by atoms with Crippen molar-refractivity contribution < 1.29 is 23.5 Å². The monoisotopic (exact) mass is 253 g/mol. The van der Waals surface area contributed by atoms with Crippen molar-refractivity contribution in [3.05, 3.63) is 0 Å². The first-order chi connectivity index (χ1) is 7.31. The minimum atomic E-state index is -0.663. The van der Waals surface area contributed by atoms with Gasteiger partial charge in [-0.15, -0.1) is 0 Å². The van der Waals surface area contributed by atoms with Crippen LogP contribution in [0.4, 0.5) is 4.79 Å². The van der Waals surface area contributed by atoms with Gasteiger partial charge < -0.3 is 18.7 Å². The van der Waals surface area contributed by atoms with Crippen LogP contribution in [0.15, 0.2) is 0 Å². The fraction of sp³-hybridized carbons (Fsp3) is 0.857. The van der Waals surface area contributed by atoms with Crippen molar-refractivity contribution in [2.24, 2.45) is 5.92 Å². The largest absolute Gasteiger partial charge is 0.512 e. The molecule has 0 radical (unpaired) electrons. The Balaban J connectivity index is 1.77. The number of rotatable bonds is 3. The summed E-state index contributed by atoms with van der Waals surface area (Å²) in [5.41, 5.74) is 0. The Morgan fingerprint density at radius 3 is 3.20 bits per heavy atom. The van der Waals surface area contributed by atoms with Gasteiger partial charge in [0, 0.05) is 0 Å². The highest BCUT2D eigenvalue weighted by Gasteiger charge is 2.44. The molecule has 2 unspecified atom stereocenters. The zero-order valence-electron chi connectivity index (χ0n) is 7.97. The molecule has 5 atom stereocenters. The average molecular weight is 253 g/mol. The van der Waals surface area contributed by atoms with Crippen LogP contribution >= 0.6 is 18.3 Å². The van der Waals surface area contributed by atoms with Crippen molar-refractivity contribution in [2.75, 3.05) is 13.2 Å². The van der Waals surface area contributed by atoms with E-state index in [2.05, 4.69) is 14.2 Å². The molecule has 86 valence electrons. The number of carbonyl (C=O) groups is 1. The summed E-state index contributed by atoms with van der Waals surface area (Å²) in [7, 11) is 2.13.